The fraction of sp³-hybridized carbons (Fsp3) is 0.741. The summed E-state index contributed by atoms with van der Waals surface area (Å²) in [6.07, 6.45) is 83.6. The fourth-order valence-electron chi connectivity index (χ4n) is 10.9. The van der Waals surface area contributed by atoms with Crippen LogP contribution in [0.15, 0.2) is 109 Å². The van der Waals surface area contributed by atoms with Gasteiger partial charge in [0.25, 0.3) is 0 Å². The van der Waals surface area contributed by atoms with Crippen LogP contribution in [0, 0.1) is 0 Å². The second-order valence-corrected chi connectivity index (χ2v) is 30.3. The molecule has 0 saturated heterocycles. The highest BCUT2D eigenvalue weighted by Crippen LogP contribution is 2.45. The number of phosphoric acid groups is 2. The molecule has 0 heterocycles. The molecule has 0 aliphatic rings. The first-order valence-corrected chi connectivity index (χ1v) is 44.1. The van der Waals surface area contributed by atoms with Gasteiger partial charge >= 0.3 is 39.5 Å². The number of esters is 4. The number of rotatable bonds is 77. The van der Waals surface area contributed by atoms with Crippen molar-refractivity contribution in [2.45, 2.75) is 367 Å². The van der Waals surface area contributed by atoms with Crippen molar-refractivity contribution in [1.29, 1.82) is 0 Å². The number of aliphatic hydroxyl groups excluding tert-OH is 1. The van der Waals surface area contributed by atoms with Crippen LogP contribution in [0.25, 0.3) is 0 Å². The molecule has 2 unspecified atom stereocenters. The summed E-state index contributed by atoms with van der Waals surface area (Å²) in [5, 5.41) is 10.6. The van der Waals surface area contributed by atoms with Crippen LogP contribution in [0.2, 0.25) is 0 Å². The lowest BCUT2D eigenvalue weighted by Gasteiger charge is -2.21. The molecule has 0 rings (SSSR count). The summed E-state index contributed by atoms with van der Waals surface area (Å²) in [5.41, 5.74) is 0. The molecular weight excluding hydrogens is 1350 g/mol. The standard InChI is InChI=1S/C85H148O17P2/c1-5-9-13-17-21-25-29-33-37-38-39-40-44-46-50-54-58-62-66-70-83(88)96-76-81(102-85(90)72-68-64-60-56-52-48-43-36-32-28-24-20-16-12-8-4)78-100-104(93,94)98-74-79(86)73-97-103(91,92)99-77-80(101-84(89)71-67-63-59-55-51-47-42-35-31-27-23-19-15-11-7-3)75-95-82(87)69-65-61-57-53-49-45-41-34-30-26-22-18-14-10-6-2/h21,23-25,27-28,33,35-37,39-40,42-43,46,50,58,62,79-81,86H,5-20,22,26,29-32,34,38,41,44-45,47-49,51-57,59-61,63-78H2,1-4H3,(H,91,92)(H,93,94)/b25-21-,27-23-,28-24-,37-33-,40-39-,42-35-,43-36-,50-46-,62-58-/t79-,80+,81+/m0/s1. The van der Waals surface area contributed by atoms with Gasteiger partial charge < -0.3 is 33.8 Å². The van der Waals surface area contributed by atoms with E-state index in [9.17, 15) is 43.2 Å². The molecule has 0 spiro atoms. The van der Waals surface area contributed by atoms with Crippen molar-refractivity contribution in [3.63, 3.8) is 0 Å². The van der Waals surface area contributed by atoms with Crippen LogP contribution >= 0.6 is 15.6 Å². The number of phosphoric ester groups is 2. The number of carbonyl (C=O) groups is 4. The third-order valence-corrected chi connectivity index (χ3v) is 19.1. The molecule has 104 heavy (non-hydrogen) atoms. The SMILES string of the molecule is CCCCC/C=C\C/C=C\C/C=C\C/C=C\C/C=C\CCC(=O)OC[C@H](COP(=O)(O)OC[C@@H](O)COP(=O)(O)OC[C@@H](COC(=O)CCCCCCCCCCCCCCCCC)OC(=O)CCCCCCC/C=C\C/C=C\CCCCC)OC(=O)CCCCCCC/C=C\C/C=C\CCCCC. The lowest BCUT2D eigenvalue weighted by Crippen LogP contribution is -2.30. The lowest BCUT2D eigenvalue weighted by molar-refractivity contribution is -0.161. The second kappa shape index (κ2) is 76.9. The first-order valence-electron chi connectivity index (χ1n) is 41.1. The van der Waals surface area contributed by atoms with Crippen molar-refractivity contribution in [2.75, 3.05) is 39.6 Å². The van der Waals surface area contributed by atoms with Crippen molar-refractivity contribution in [1.82, 2.24) is 0 Å². The Morgan fingerprint density at radius 1 is 0.269 bits per heavy atom. The summed E-state index contributed by atoms with van der Waals surface area (Å²) in [7, 11) is -9.98. The van der Waals surface area contributed by atoms with Crippen LogP contribution in [0.5, 0.6) is 0 Å². The zero-order chi connectivity index (χ0) is 76.0. The minimum atomic E-state index is -5.00. The van der Waals surface area contributed by atoms with Crippen LogP contribution in [-0.2, 0) is 65.4 Å². The first kappa shape index (κ1) is 99.7. The summed E-state index contributed by atoms with van der Waals surface area (Å²) < 4.78 is 68.6. The molecule has 0 saturated carbocycles. The maximum Gasteiger partial charge on any atom is 0.472 e. The topological polar surface area (TPSA) is 237 Å². The highest BCUT2D eigenvalue weighted by molar-refractivity contribution is 7.47. The van der Waals surface area contributed by atoms with Crippen LogP contribution in [-0.4, -0.2) is 96.7 Å². The number of unbranched alkanes of at least 4 members (excludes halogenated alkanes) is 33. The molecule has 5 atom stereocenters. The summed E-state index contributed by atoms with van der Waals surface area (Å²) in [5.74, 6) is -2.29. The number of hydrogen-bond acceptors (Lipinski definition) is 15. The zero-order valence-electron chi connectivity index (χ0n) is 65.7. The number of aliphatic hydroxyl groups is 1. The van der Waals surface area contributed by atoms with E-state index in [0.29, 0.717) is 32.1 Å². The Hall–Kier alpha value is -4.28. The first-order chi connectivity index (χ1) is 50.7. The monoisotopic (exact) mass is 1500 g/mol. The predicted octanol–water partition coefficient (Wildman–Crippen LogP) is 24.1. The molecule has 0 aliphatic heterocycles. The quantitative estimate of drug-likeness (QED) is 0.0169. The van der Waals surface area contributed by atoms with Crippen molar-refractivity contribution in [2.24, 2.45) is 0 Å². The smallest absolute Gasteiger partial charge is 0.462 e. The Labute approximate surface area is 632 Å². The molecule has 0 aromatic rings. The average molecular weight is 1500 g/mol. The lowest BCUT2D eigenvalue weighted by atomic mass is 10.0. The molecule has 0 amide bonds. The number of carbonyl (C=O) groups excluding carboxylic acids is 4. The maximum atomic E-state index is 13.1. The van der Waals surface area contributed by atoms with Crippen molar-refractivity contribution < 1.29 is 80.2 Å². The van der Waals surface area contributed by atoms with Crippen LogP contribution in [0.4, 0.5) is 0 Å². The Morgan fingerprint density at radius 2 is 0.490 bits per heavy atom. The largest absolute Gasteiger partial charge is 0.472 e. The van der Waals surface area contributed by atoms with E-state index in [-0.39, 0.29) is 25.7 Å². The second-order valence-electron chi connectivity index (χ2n) is 27.4. The van der Waals surface area contributed by atoms with Gasteiger partial charge in [0.2, 0.25) is 0 Å². The van der Waals surface area contributed by atoms with Crippen LogP contribution in [0.3, 0.4) is 0 Å². The number of allylic oxidation sites excluding steroid dienone is 18. The number of hydrogen-bond donors (Lipinski definition) is 3. The van der Waals surface area contributed by atoms with E-state index in [1.165, 1.54) is 128 Å². The van der Waals surface area contributed by atoms with E-state index in [2.05, 4.69) is 125 Å². The minimum absolute atomic E-state index is 0.0340. The maximum absolute atomic E-state index is 13.1. The van der Waals surface area contributed by atoms with Gasteiger partial charge in [0, 0.05) is 25.7 Å². The average Bonchev–Trinajstić information content (AvgIpc) is 0.918. The van der Waals surface area contributed by atoms with E-state index in [4.69, 9.17) is 37.0 Å². The Balaban J connectivity index is 5.43. The van der Waals surface area contributed by atoms with Crippen molar-refractivity contribution >= 4 is 39.5 Å². The van der Waals surface area contributed by atoms with E-state index in [1.807, 2.05) is 12.2 Å². The third-order valence-electron chi connectivity index (χ3n) is 17.2. The van der Waals surface area contributed by atoms with Crippen molar-refractivity contribution in [3.8, 4) is 0 Å². The van der Waals surface area contributed by atoms with Gasteiger partial charge in [-0.15, -0.1) is 0 Å². The van der Waals surface area contributed by atoms with Gasteiger partial charge in [-0.2, -0.15) is 0 Å². The molecule has 0 fully saturated rings. The molecule has 17 nitrogen and oxygen atoms in total. The van der Waals surface area contributed by atoms with Gasteiger partial charge in [0.05, 0.1) is 26.4 Å². The van der Waals surface area contributed by atoms with Gasteiger partial charge in [-0.1, -0.05) is 304 Å². The molecule has 0 aliphatic carbocycles. The third kappa shape index (κ3) is 75.9. The van der Waals surface area contributed by atoms with E-state index >= 15 is 0 Å². The molecule has 3 N–H and O–H groups in total. The normalized spacial score (nSPS) is 14.4. The summed E-state index contributed by atoms with van der Waals surface area (Å²) in [6.45, 7) is 4.72. The van der Waals surface area contributed by atoms with Gasteiger partial charge in [0.15, 0.2) is 12.2 Å². The Bertz CT molecular complexity index is 2390. The van der Waals surface area contributed by atoms with E-state index in [1.54, 1.807) is 0 Å². The zero-order valence-corrected chi connectivity index (χ0v) is 67.5. The summed E-state index contributed by atoms with van der Waals surface area (Å²) >= 11 is 0. The molecule has 0 aromatic heterocycles. The summed E-state index contributed by atoms with van der Waals surface area (Å²) in [6, 6.07) is 0. The summed E-state index contributed by atoms with van der Waals surface area (Å²) in [4.78, 5) is 73.0. The van der Waals surface area contributed by atoms with Gasteiger partial charge in [-0.25, -0.2) is 9.13 Å². The molecule has 0 aromatic carbocycles. The van der Waals surface area contributed by atoms with Crippen LogP contribution < -0.4 is 0 Å². The predicted molar refractivity (Wildman–Crippen MR) is 427 cm³/mol. The minimum Gasteiger partial charge on any atom is -0.462 e. The molecule has 19 heteroatoms. The van der Waals surface area contributed by atoms with Gasteiger partial charge in [0.1, 0.15) is 19.3 Å². The highest BCUT2D eigenvalue weighted by Gasteiger charge is 2.30. The Kier molecular flexibility index (Phi) is 73.7. The Morgan fingerprint density at radius 3 is 0.798 bits per heavy atom. The molecule has 0 bridgehead atoms. The van der Waals surface area contributed by atoms with E-state index < -0.39 is 97.5 Å². The molecular formula is C85H148O17P2. The van der Waals surface area contributed by atoms with Crippen molar-refractivity contribution in [3.05, 3.63) is 109 Å². The fourth-order valence-corrected chi connectivity index (χ4v) is 12.5. The molecule has 0 radical (unpaired) electrons. The van der Waals surface area contributed by atoms with Gasteiger partial charge in [-0.05, 0) is 128 Å². The highest BCUT2D eigenvalue weighted by atomic mass is 31.2. The number of ether oxygens (including phenoxy) is 4. The molecule has 600 valence electrons. The van der Waals surface area contributed by atoms with E-state index in [0.717, 1.165) is 135 Å². The van der Waals surface area contributed by atoms with Crippen LogP contribution in [0.1, 0.15) is 349 Å². The van der Waals surface area contributed by atoms with Gasteiger partial charge in [-0.3, -0.25) is 37.3 Å².